The van der Waals surface area contributed by atoms with Crippen molar-refractivity contribution in [3.8, 4) is 0 Å². The monoisotopic (exact) mass is 305 g/mol. The second-order valence-electron chi connectivity index (χ2n) is 4.80. The first-order valence-corrected chi connectivity index (χ1v) is 6.68. The zero-order chi connectivity index (χ0) is 16.1. The van der Waals surface area contributed by atoms with Gasteiger partial charge in [-0.15, -0.1) is 0 Å². The molecule has 0 aliphatic rings. The highest BCUT2D eigenvalue weighted by atomic mass is 19.1. The van der Waals surface area contributed by atoms with Gasteiger partial charge in [0.1, 0.15) is 18.1 Å². The lowest BCUT2D eigenvalue weighted by molar-refractivity contribution is -0.123. The van der Waals surface area contributed by atoms with Crippen molar-refractivity contribution in [2.24, 2.45) is 0 Å². The highest BCUT2D eigenvalue weighted by Crippen LogP contribution is 2.13. The Morgan fingerprint density at radius 3 is 2.55 bits per heavy atom. The molecule has 1 aromatic heterocycles. The second-order valence-corrected chi connectivity index (χ2v) is 4.80. The van der Waals surface area contributed by atoms with E-state index in [9.17, 15) is 14.0 Å². The van der Waals surface area contributed by atoms with E-state index < -0.39 is 0 Å². The van der Waals surface area contributed by atoms with Gasteiger partial charge in [0.15, 0.2) is 5.82 Å². The molecule has 0 aliphatic carbocycles. The van der Waals surface area contributed by atoms with Gasteiger partial charge in [0.2, 0.25) is 11.8 Å². The molecule has 2 rings (SSSR count). The molecule has 0 saturated heterocycles. The molecule has 0 bridgehead atoms. The molecule has 0 saturated carbocycles. The van der Waals surface area contributed by atoms with Gasteiger partial charge in [0, 0.05) is 19.5 Å². The Morgan fingerprint density at radius 1 is 1.32 bits per heavy atom. The molecule has 1 N–H and O–H groups in total. The Bertz CT molecular complexity index is 667. The van der Waals surface area contributed by atoms with E-state index in [1.165, 1.54) is 24.0 Å². The van der Waals surface area contributed by atoms with Gasteiger partial charge < -0.3 is 9.84 Å². The van der Waals surface area contributed by atoms with Crippen LogP contribution in [0, 0.1) is 12.7 Å². The largest absolute Gasteiger partial charge is 0.360 e. The number of nitrogens with one attached hydrogen (secondary N) is 1. The minimum absolute atomic E-state index is 0.164. The minimum Gasteiger partial charge on any atom is -0.360 e. The van der Waals surface area contributed by atoms with Crippen molar-refractivity contribution >= 4 is 17.6 Å². The Balaban J connectivity index is 1.94. The fraction of sp³-hybridized carbons (Fsp3) is 0.267. The minimum atomic E-state index is -0.347. The molecular formula is C15H16FN3O3. The van der Waals surface area contributed by atoms with Crippen LogP contribution in [0.3, 0.4) is 0 Å². The lowest BCUT2D eigenvalue weighted by Gasteiger charge is -2.17. The SMILES string of the molecule is CC(=O)N(CC(=O)NCc1ccc(F)cc1)c1cc(C)on1. The molecule has 2 amide bonds. The van der Waals surface area contributed by atoms with Gasteiger partial charge in [-0.2, -0.15) is 0 Å². The maximum atomic E-state index is 12.8. The lowest BCUT2D eigenvalue weighted by atomic mass is 10.2. The average molecular weight is 305 g/mol. The Morgan fingerprint density at radius 2 is 2.00 bits per heavy atom. The number of carbonyl (C=O) groups is 2. The summed E-state index contributed by atoms with van der Waals surface area (Å²) < 4.78 is 17.7. The summed E-state index contributed by atoms with van der Waals surface area (Å²) in [6.07, 6.45) is 0. The number of nitrogens with zero attached hydrogens (tertiary/aromatic N) is 2. The standard InChI is InChI=1S/C15H16FN3O3/c1-10-7-14(18-22-10)19(11(2)20)9-15(21)17-8-12-3-5-13(16)6-4-12/h3-7H,8-9H2,1-2H3,(H,17,21). The molecule has 0 aliphatic heterocycles. The summed E-state index contributed by atoms with van der Waals surface area (Å²) >= 11 is 0. The van der Waals surface area contributed by atoms with Gasteiger partial charge in [-0.3, -0.25) is 14.5 Å². The van der Waals surface area contributed by atoms with Gasteiger partial charge in [0.25, 0.3) is 0 Å². The van der Waals surface area contributed by atoms with Gasteiger partial charge in [0.05, 0.1) is 0 Å². The molecule has 116 valence electrons. The fourth-order valence-electron chi connectivity index (χ4n) is 1.84. The van der Waals surface area contributed by atoms with E-state index >= 15 is 0 Å². The lowest BCUT2D eigenvalue weighted by Crippen LogP contribution is -2.39. The van der Waals surface area contributed by atoms with Gasteiger partial charge in [-0.1, -0.05) is 17.3 Å². The zero-order valence-electron chi connectivity index (χ0n) is 12.3. The van der Waals surface area contributed by atoms with E-state index in [4.69, 9.17) is 4.52 Å². The van der Waals surface area contributed by atoms with Crippen molar-refractivity contribution in [3.63, 3.8) is 0 Å². The molecule has 22 heavy (non-hydrogen) atoms. The molecule has 0 atom stereocenters. The van der Waals surface area contributed by atoms with Gasteiger partial charge in [-0.05, 0) is 24.6 Å². The quantitative estimate of drug-likeness (QED) is 0.914. The highest BCUT2D eigenvalue weighted by Gasteiger charge is 2.18. The van der Waals surface area contributed by atoms with Gasteiger partial charge >= 0.3 is 0 Å². The second kappa shape index (κ2) is 6.84. The van der Waals surface area contributed by atoms with Crippen molar-refractivity contribution in [3.05, 3.63) is 47.5 Å². The van der Waals surface area contributed by atoms with Crippen LogP contribution in [0.2, 0.25) is 0 Å². The number of hydrogen-bond acceptors (Lipinski definition) is 4. The number of anilines is 1. The number of hydrogen-bond donors (Lipinski definition) is 1. The van der Waals surface area contributed by atoms with Crippen LogP contribution in [0.5, 0.6) is 0 Å². The Kier molecular flexibility index (Phi) is 4.88. The Labute approximate surface area is 126 Å². The summed E-state index contributed by atoms with van der Waals surface area (Å²) in [5.74, 6) is -0.153. The van der Waals surface area contributed by atoms with E-state index in [-0.39, 0.29) is 30.7 Å². The van der Waals surface area contributed by atoms with Crippen LogP contribution in [0.15, 0.2) is 34.9 Å². The summed E-state index contributed by atoms with van der Waals surface area (Å²) in [6.45, 7) is 3.13. The van der Waals surface area contributed by atoms with Crippen LogP contribution in [-0.4, -0.2) is 23.5 Å². The third-order valence-electron chi connectivity index (χ3n) is 2.98. The first kappa shape index (κ1) is 15.7. The first-order valence-electron chi connectivity index (χ1n) is 6.68. The van der Waals surface area contributed by atoms with E-state index in [0.717, 1.165) is 5.56 Å². The highest BCUT2D eigenvalue weighted by molar-refractivity contribution is 5.96. The smallest absolute Gasteiger partial charge is 0.240 e. The number of aromatic nitrogens is 1. The normalized spacial score (nSPS) is 10.3. The maximum absolute atomic E-state index is 12.8. The van der Waals surface area contributed by atoms with Crippen molar-refractivity contribution in [1.29, 1.82) is 0 Å². The number of amides is 2. The van der Waals surface area contributed by atoms with E-state index in [1.807, 2.05) is 0 Å². The zero-order valence-corrected chi connectivity index (χ0v) is 12.3. The van der Waals surface area contributed by atoms with E-state index in [1.54, 1.807) is 25.1 Å². The van der Waals surface area contributed by atoms with Crippen LogP contribution >= 0.6 is 0 Å². The van der Waals surface area contributed by atoms with Crippen LogP contribution in [-0.2, 0) is 16.1 Å². The molecule has 0 fully saturated rings. The summed E-state index contributed by atoms with van der Waals surface area (Å²) in [4.78, 5) is 24.8. The fourth-order valence-corrected chi connectivity index (χ4v) is 1.84. The van der Waals surface area contributed by atoms with Crippen molar-refractivity contribution in [2.75, 3.05) is 11.4 Å². The Hall–Kier alpha value is -2.70. The molecule has 7 heteroatoms. The van der Waals surface area contributed by atoms with E-state index in [2.05, 4.69) is 10.5 Å². The number of benzene rings is 1. The third kappa shape index (κ3) is 4.15. The summed E-state index contributed by atoms with van der Waals surface area (Å²) in [6, 6.07) is 7.39. The third-order valence-corrected chi connectivity index (χ3v) is 2.98. The predicted molar refractivity (Wildman–Crippen MR) is 77.5 cm³/mol. The average Bonchev–Trinajstić information content (AvgIpc) is 2.90. The topological polar surface area (TPSA) is 75.4 Å². The van der Waals surface area contributed by atoms with Crippen LogP contribution in [0.1, 0.15) is 18.2 Å². The van der Waals surface area contributed by atoms with Gasteiger partial charge in [-0.25, -0.2) is 4.39 Å². The molecule has 0 radical (unpaired) electrons. The number of halogens is 1. The van der Waals surface area contributed by atoms with Crippen molar-refractivity contribution < 1.29 is 18.5 Å². The number of rotatable bonds is 5. The number of carbonyl (C=O) groups excluding carboxylic acids is 2. The van der Waals surface area contributed by atoms with Crippen LogP contribution in [0.25, 0.3) is 0 Å². The van der Waals surface area contributed by atoms with Crippen molar-refractivity contribution in [2.45, 2.75) is 20.4 Å². The number of aryl methyl sites for hydroxylation is 1. The van der Waals surface area contributed by atoms with E-state index in [0.29, 0.717) is 11.6 Å². The summed E-state index contributed by atoms with van der Waals surface area (Å²) in [5, 5.41) is 6.39. The molecule has 0 spiro atoms. The predicted octanol–water partition coefficient (Wildman–Crippen LogP) is 1.79. The molecule has 1 heterocycles. The summed E-state index contributed by atoms with van der Waals surface area (Å²) in [5.41, 5.74) is 0.765. The molecule has 6 nitrogen and oxygen atoms in total. The van der Waals surface area contributed by atoms with Crippen LogP contribution < -0.4 is 10.2 Å². The molecule has 2 aromatic rings. The molecule has 1 aromatic carbocycles. The molecule has 0 unspecified atom stereocenters. The van der Waals surface area contributed by atoms with Crippen LogP contribution in [0.4, 0.5) is 10.2 Å². The van der Waals surface area contributed by atoms with Crippen molar-refractivity contribution in [1.82, 2.24) is 10.5 Å². The maximum Gasteiger partial charge on any atom is 0.240 e. The molecular weight excluding hydrogens is 289 g/mol. The summed E-state index contributed by atoms with van der Waals surface area (Å²) in [7, 11) is 0. The first-order chi connectivity index (χ1) is 10.5.